The number of ether oxygens (including phenoxy) is 1. The number of carbonyl (C=O) groups is 3. The predicted molar refractivity (Wildman–Crippen MR) is 177 cm³/mol. The average Bonchev–Trinajstić information content (AvgIpc) is 3.02. The van der Waals surface area contributed by atoms with Gasteiger partial charge in [-0.25, -0.2) is 9.59 Å². The van der Waals surface area contributed by atoms with Gasteiger partial charge in [0.1, 0.15) is 5.75 Å². The first kappa shape index (κ1) is 32.9. The highest BCUT2D eigenvalue weighted by molar-refractivity contribution is 6.31. The summed E-state index contributed by atoms with van der Waals surface area (Å²) in [5.41, 5.74) is 7.17. The number of halogens is 1. The van der Waals surface area contributed by atoms with Crippen LogP contribution in [0, 0.1) is 20.8 Å². The van der Waals surface area contributed by atoms with Gasteiger partial charge in [-0.1, -0.05) is 60.1 Å². The zero-order valence-corrected chi connectivity index (χ0v) is 27.4. The van der Waals surface area contributed by atoms with E-state index >= 15 is 0 Å². The maximum Gasteiger partial charge on any atom is 0.408 e. The molecule has 10 heteroatoms. The molecule has 3 aromatic rings. The van der Waals surface area contributed by atoms with Crippen molar-refractivity contribution < 1.29 is 29.3 Å². The third kappa shape index (κ3) is 6.84. The first-order valence-electron chi connectivity index (χ1n) is 15.5. The molecule has 242 valence electrons. The number of aryl methyl sites for hydroxylation is 2. The van der Waals surface area contributed by atoms with Gasteiger partial charge in [0.2, 0.25) is 0 Å². The third-order valence-corrected chi connectivity index (χ3v) is 9.44. The summed E-state index contributed by atoms with van der Waals surface area (Å²) in [5, 5.41) is 20.6. The summed E-state index contributed by atoms with van der Waals surface area (Å²) in [7, 11) is 0. The fraction of sp³-hybridized carbons (Fsp3) is 0.361. The fourth-order valence-corrected chi connectivity index (χ4v) is 6.73. The molecule has 2 bridgehead atoms. The van der Waals surface area contributed by atoms with Crippen molar-refractivity contribution in [1.82, 2.24) is 14.7 Å². The number of piperazine rings is 1. The Labute approximate surface area is 274 Å². The van der Waals surface area contributed by atoms with E-state index in [0.717, 1.165) is 39.1 Å². The summed E-state index contributed by atoms with van der Waals surface area (Å²) in [6.07, 6.45) is -1.41. The second-order valence-corrected chi connectivity index (χ2v) is 12.5. The number of likely N-dealkylation sites (N-methyl/N-ethyl adjacent to an activating group) is 1. The lowest BCUT2D eigenvalue weighted by molar-refractivity contribution is -0.128. The molecule has 3 amide bonds. The minimum Gasteiger partial charge on any atom is -0.493 e. The van der Waals surface area contributed by atoms with Crippen LogP contribution >= 0.6 is 11.6 Å². The molecular weight excluding hydrogens is 606 g/mol. The predicted octanol–water partition coefficient (Wildman–Crippen LogP) is 6.80. The highest BCUT2D eigenvalue weighted by Crippen LogP contribution is 2.39. The maximum absolute atomic E-state index is 14.4. The zero-order chi connectivity index (χ0) is 33.1. The number of rotatable bonds is 9. The molecule has 1 saturated heterocycles. The Morgan fingerprint density at radius 1 is 0.978 bits per heavy atom. The fourth-order valence-electron chi connectivity index (χ4n) is 6.53. The summed E-state index contributed by atoms with van der Waals surface area (Å²) in [6, 6.07) is 17.8. The molecule has 0 spiro atoms. The summed E-state index contributed by atoms with van der Waals surface area (Å²) in [4.78, 5) is 43.1. The van der Waals surface area contributed by atoms with Gasteiger partial charge in [0.15, 0.2) is 0 Å². The van der Waals surface area contributed by atoms with Gasteiger partial charge in [0.05, 0.1) is 18.7 Å². The second-order valence-electron chi connectivity index (χ2n) is 12.1. The zero-order valence-electron chi connectivity index (χ0n) is 26.6. The van der Waals surface area contributed by atoms with Crippen molar-refractivity contribution in [1.29, 1.82) is 0 Å². The Hall–Kier alpha value is -4.50. The van der Waals surface area contributed by atoms with Gasteiger partial charge in [-0.3, -0.25) is 9.69 Å². The largest absolute Gasteiger partial charge is 0.493 e. The number of amides is 3. The molecule has 5 rings (SSSR count). The van der Waals surface area contributed by atoms with Crippen molar-refractivity contribution >= 4 is 35.3 Å². The van der Waals surface area contributed by atoms with Crippen LogP contribution in [0.3, 0.4) is 0 Å². The molecule has 0 aromatic heterocycles. The number of fused-ring (bicyclic) bond motifs is 2. The van der Waals surface area contributed by atoms with Crippen LogP contribution in [-0.2, 0) is 17.8 Å². The number of nitrogens with zero attached hydrogens (tertiary/aromatic N) is 3. The number of hydrogen-bond acceptors (Lipinski definition) is 4. The van der Waals surface area contributed by atoms with Crippen molar-refractivity contribution in [2.24, 2.45) is 0 Å². The lowest BCUT2D eigenvalue weighted by Crippen LogP contribution is -2.64. The van der Waals surface area contributed by atoms with Gasteiger partial charge >= 0.3 is 12.2 Å². The molecule has 2 atom stereocenters. The molecule has 0 unspecified atom stereocenters. The van der Waals surface area contributed by atoms with E-state index in [9.17, 15) is 24.6 Å². The highest BCUT2D eigenvalue weighted by Gasteiger charge is 2.48. The van der Waals surface area contributed by atoms with Crippen molar-refractivity contribution in [3.63, 3.8) is 0 Å². The van der Waals surface area contributed by atoms with Crippen molar-refractivity contribution in [2.75, 3.05) is 26.2 Å². The van der Waals surface area contributed by atoms with E-state index < -0.39 is 24.3 Å². The molecule has 9 nitrogen and oxygen atoms in total. The number of carbonyl (C=O) groups excluding carboxylic acids is 1. The molecule has 3 aromatic carbocycles. The number of hydrogen-bond donors (Lipinski definition) is 2. The van der Waals surface area contributed by atoms with Crippen LogP contribution in [0.15, 0.2) is 66.2 Å². The lowest BCUT2D eigenvalue weighted by Gasteiger charge is -2.49. The lowest BCUT2D eigenvalue weighted by atomic mass is 9.81. The highest BCUT2D eigenvalue weighted by atomic mass is 35.5. The van der Waals surface area contributed by atoms with Gasteiger partial charge in [0.25, 0.3) is 5.91 Å². The molecule has 2 N–H and O–H groups in total. The van der Waals surface area contributed by atoms with Crippen LogP contribution in [0.5, 0.6) is 5.75 Å². The van der Waals surface area contributed by atoms with Crippen molar-refractivity contribution in [2.45, 2.75) is 59.2 Å². The standard InChI is InChI=1S/C36H40ClN3O6/c1-5-38(19-27-8-6-7-9-30(27)37)34(41)33-29(18-28-20-39(35(42)43)21-31(33)40(28)36(44)45)26-12-10-25(11-13-26)14-15-46-32-17-22(2)16-23(3)24(32)4/h6-13,16-17,28,31H,5,14-15,18-21H2,1-4H3,(H,42,43)(H,44,45)/t28-,31-/m1/s1. The molecule has 2 aliphatic rings. The van der Waals surface area contributed by atoms with Crippen LogP contribution in [0.25, 0.3) is 5.57 Å². The van der Waals surface area contributed by atoms with Crippen LogP contribution < -0.4 is 4.74 Å². The van der Waals surface area contributed by atoms with Crippen molar-refractivity contribution in [3.8, 4) is 5.75 Å². The van der Waals surface area contributed by atoms with Crippen molar-refractivity contribution in [3.05, 3.63) is 105 Å². The van der Waals surface area contributed by atoms with Gasteiger partial charge in [-0.05, 0) is 85.2 Å². The first-order valence-corrected chi connectivity index (χ1v) is 15.9. The first-order chi connectivity index (χ1) is 22.0. The van der Waals surface area contributed by atoms with E-state index in [1.54, 1.807) is 11.0 Å². The Kier molecular flexibility index (Phi) is 9.91. The van der Waals surface area contributed by atoms with Crippen LogP contribution in [0.1, 0.15) is 46.7 Å². The van der Waals surface area contributed by atoms with E-state index in [1.807, 2.05) is 55.5 Å². The van der Waals surface area contributed by atoms with E-state index in [4.69, 9.17) is 16.3 Å². The summed E-state index contributed by atoms with van der Waals surface area (Å²) in [6.45, 7) is 9.04. The Bertz CT molecular complexity index is 1670. The van der Waals surface area contributed by atoms with E-state index in [2.05, 4.69) is 26.8 Å². The summed E-state index contributed by atoms with van der Waals surface area (Å²) in [5.74, 6) is 0.549. The van der Waals surface area contributed by atoms with Crippen LogP contribution in [0.2, 0.25) is 5.02 Å². The Morgan fingerprint density at radius 3 is 2.35 bits per heavy atom. The quantitative estimate of drug-likeness (QED) is 0.265. The SMILES string of the molecule is CCN(Cc1ccccc1Cl)C(=O)C1=C(c2ccc(CCOc3cc(C)cc(C)c3C)cc2)C[C@@H]2CN(C(=O)O)C[C@H]1N2C(=O)O. The smallest absolute Gasteiger partial charge is 0.408 e. The second kappa shape index (κ2) is 13.9. The van der Waals surface area contributed by atoms with Gasteiger partial charge in [-0.2, -0.15) is 0 Å². The third-order valence-electron chi connectivity index (χ3n) is 9.08. The molecule has 0 radical (unpaired) electrons. The monoisotopic (exact) mass is 645 g/mol. The number of carboxylic acid groups (broad SMARTS) is 2. The van der Waals surface area contributed by atoms with E-state index in [0.29, 0.717) is 30.2 Å². The number of benzene rings is 3. The topological polar surface area (TPSA) is 111 Å². The Morgan fingerprint density at radius 2 is 1.70 bits per heavy atom. The van der Waals surface area contributed by atoms with Crippen LogP contribution in [-0.4, -0.2) is 81.3 Å². The van der Waals surface area contributed by atoms with Gasteiger partial charge in [-0.15, -0.1) is 0 Å². The molecule has 2 aliphatic heterocycles. The molecule has 0 aliphatic carbocycles. The van der Waals surface area contributed by atoms with Crippen LogP contribution in [0.4, 0.5) is 9.59 Å². The van der Waals surface area contributed by atoms with Gasteiger partial charge < -0.3 is 24.7 Å². The minimum absolute atomic E-state index is 0.0352. The van der Waals surface area contributed by atoms with Gasteiger partial charge in [0, 0.05) is 43.2 Å². The molecule has 2 heterocycles. The normalized spacial score (nSPS) is 17.6. The maximum atomic E-state index is 14.4. The average molecular weight is 646 g/mol. The minimum atomic E-state index is -1.17. The van der Waals surface area contributed by atoms with E-state index in [1.165, 1.54) is 15.4 Å². The Balaban J connectivity index is 1.47. The molecule has 1 fully saturated rings. The molecule has 0 saturated carbocycles. The van der Waals surface area contributed by atoms with E-state index in [-0.39, 0.29) is 32.0 Å². The molecule has 46 heavy (non-hydrogen) atoms. The summed E-state index contributed by atoms with van der Waals surface area (Å²) >= 11 is 6.43. The molecular formula is C36H40ClN3O6. The summed E-state index contributed by atoms with van der Waals surface area (Å²) < 4.78 is 6.12.